The minimum absolute atomic E-state index is 0.313. The molecule has 0 unspecified atom stereocenters. The largest absolute Gasteiger partial charge is 0.494 e. The van der Waals surface area contributed by atoms with Crippen LogP contribution in [0.4, 0.5) is 0 Å². The number of benzene rings is 3. The van der Waals surface area contributed by atoms with Gasteiger partial charge in [0.25, 0.3) is 0 Å². The SMILES string of the molecule is C=CCOOCCCCCCOc1ccc(OC(=O)c2ccc(OC(=O)c3ccc(C(=C)OCCCOCCCOC)cc3)cc2C)cc1. The number of carbonyl (C=O) groups excluding carboxylic acids is 2. The van der Waals surface area contributed by atoms with Gasteiger partial charge >= 0.3 is 11.9 Å². The van der Waals surface area contributed by atoms with Crippen molar-refractivity contribution in [3.63, 3.8) is 0 Å². The van der Waals surface area contributed by atoms with Gasteiger partial charge in [0.15, 0.2) is 0 Å². The first-order valence-electron chi connectivity index (χ1n) is 16.5. The second-order valence-corrected chi connectivity index (χ2v) is 11.0. The van der Waals surface area contributed by atoms with Crippen LogP contribution in [-0.2, 0) is 24.0 Å². The normalized spacial score (nSPS) is 10.7. The van der Waals surface area contributed by atoms with Gasteiger partial charge in [-0.1, -0.05) is 31.2 Å². The van der Waals surface area contributed by atoms with E-state index in [9.17, 15) is 9.59 Å². The van der Waals surface area contributed by atoms with Gasteiger partial charge in [-0.3, -0.25) is 0 Å². The van der Waals surface area contributed by atoms with Crippen molar-refractivity contribution in [3.05, 3.63) is 108 Å². The first kappa shape index (κ1) is 39.0. The third kappa shape index (κ3) is 15.1. The van der Waals surface area contributed by atoms with Crippen LogP contribution in [0.15, 0.2) is 86.0 Å². The Morgan fingerprint density at radius 2 is 1.29 bits per heavy atom. The molecule has 0 radical (unpaired) electrons. The molecule has 0 saturated heterocycles. The van der Waals surface area contributed by atoms with E-state index in [1.807, 2.05) is 0 Å². The van der Waals surface area contributed by atoms with Crippen molar-refractivity contribution in [2.45, 2.75) is 45.4 Å². The number of methoxy groups -OCH3 is 1. The molecule has 3 rings (SSSR count). The van der Waals surface area contributed by atoms with Crippen LogP contribution in [0.3, 0.4) is 0 Å². The average molecular weight is 677 g/mol. The first-order chi connectivity index (χ1) is 23.9. The Kier molecular flexibility index (Phi) is 18.3. The zero-order valence-corrected chi connectivity index (χ0v) is 28.6. The first-order valence-corrected chi connectivity index (χ1v) is 16.5. The number of rotatable bonds is 25. The van der Waals surface area contributed by atoms with Crippen LogP contribution in [0.1, 0.15) is 70.4 Å². The van der Waals surface area contributed by atoms with Crippen LogP contribution in [0.5, 0.6) is 17.2 Å². The van der Waals surface area contributed by atoms with E-state index in [1.54, 1.807) is 86.8 Å². The molecule has 0 N–H and O–H groups in total. The van der Waals surface area contributed by atoms with Crippen molar-refractivity contribution in [1.29, 1.82) is 0 Å². The summed E-state index contributed by atoms with van der Waals surface area (Å²) in [5.74, 6) is 0.869. The highest BCUT2D eigenvalue weighted by Gasteiger charge is 2.15. The molecule has 0 bridgehead atoms. The summed E-state index contributed by atoms with van der Waals surface area (Å²) in [6.45, 7) is 13.2. The lowest BCUT2D eigenvalue weighted by molar-refractivity contribution is -0.286. The maximum atomic E-state index is 12.9. The highest BCUT2D eigenvalue weighted by Crippen LogP contribution is 2.23. The third-order valence-electron chi connectivity index (χ3n) is 7.11. The van der Waals surface area contributed by atoms with E-state index in [4.69, 9.17) is 38.2 Å². The molecule has 3 aromatic rings. The van der Waals surface area contributed by atoms with Crippen LogP contribution >= 0.6 is 0 Å². The van der Waals surface area contributed by atoms with Gasteiger partial charge in [-0.15, -0.1) is 6.58 Å². The fourth-order valence-electron chi connectivity index (χ4n) is 4.46. The summed E-state index contributed by atoms with van der Waals surface area (Å²) in [5.41, 5.74) is 2.09. The number of esters is 2. The lowest BCUT2D eigenvalue weighted by Gasteiger charge is -2.11. The molecule has 0 atom stereocenters. The minimum atomic E-state index is -0.527. The lowest BCUT2D eigenvalue weighted by Crippen LogP contribution is -2.12. The summed E-state index contributed by atoms with van der Waals surface area (Å²) in [4.78, 5) is 35.6. The molecule has 0 amide bonds. The number of hydrogen-bond acceptors (Lipinski definition) is 10. The molecule has 10 nitrogen and oxygen atoms in total. The Labute approximate surface area is 289 Å². The van der Waals surface area contributed by atoms with Crippen molar-refractivity contribution in [3.8, 4) is 17.2 Å². The molecule has 0 saturated carbocycles. The van der Waals surface area contributed by atoms with Crippen molar-refractivity contribution < 1.29 is 47.8 Å². The second kappa shape index (κ2) is 23.0. The average Bonchev–Trinajstić information content (AvgIpc) is 3.11. The van der Waals surface area contributed by atoms with Crippen LogP contribution in [0, 0.1) is 6.92 Å². The summed E-state index contributed by atoms with van der Waals surface area (Å²) in [6, 6.07) is 18.5. The van der Waals surface area contributed by atoms with E-state index < -0.39 is 11.9 Å². The van der Waals surface area contributed by atoms with E-state index >= 15 is 0 Å². The standard InChI is InChI=1S/C39H48O10/c1-5-22-46-47-28-9-7-6-8-26-45-34-16-18-35(19-17-34)48-39(41)37-21-20-36(29-30(37)2)49-38(40)33-14-12-32(13-15-33)31(3)44-27-11-25-43-24-10-23-42-4/h5,12-21,29H,1,3,6-11,22-28H2,2,4H3. The molecule has 3 aromatic carbocycles. The minimum Gasteiger partial charge on any atom is -0.494 e. The van der Waals surface area contributed by atoms with Crippen LogP contribution < -0.4 is 14.2 Å². The lowest BCUT2D eigenvalue weighted by atomic mass is 10.1. The number of unbranched alkanes of at least 4 members (excludes halogenated alkanes) is 3. The Hall–Kier alpha value is -4.48. The Morgan fingerprint density at radius 3 is 1.98 bits per heavy atom. The summed E-state index contributed by atoms with van der Waals surface area (Å²) >= 11 is 0. The molecule has 49 heavy (non-hydrogen) atoms. The van der Waals surface area contributed by atoms with Gasteiger partial charge in [-0.05, 0) is 92.8 Å². The highest BCUT2D eigenvalue weighted by molar-refractivity contribution is 5.94. The van der Waals surface area contributed by atoms with Crippen molar-refractivity contribution in [1.82, 2.24) is 0 Å². The third-order valence-corrected chi connectivity index (χ3v) is 7.11. The topological polar surface area (TPSA) is 108 Å². The fourth-order valence-corrected chi connectivity index (χ4v) is 4.46. The predicted molar refractivity (Wildman–Crippen MR) is 187 cm³/mol. The van der Waals surface area contributed by atoms with Gasteiger partial charge in [0.2, 0.25) is 0 Å². The molecule has 0 spiro atoms. The molecule has 0 aliphatic carbocycles. The number of carbonyl (C=O) groups is 2. The van der Waals surface area contributed by atoms with Gasteiger partial charge in [0, 0.05) is 38.9 Å². The van der Waals surface area contributed by atoms with Crippen LogP contribution in [0.25, 0.3) is 5.76 Å². The molecule has 10 heteroatoms. The smallest absolute Gasteiger partial charge is 0.343 e. The maximum absolute atomic E-state index is 12.9. The van der Waals surface area contributed by atoms with E-state index in [2.05, 4.69) is 13.2 Å². The summed E-state index contributed by atoms with van der Waals surface area (Å²) in [7, 11) is 1.67. The zero-order valence-electron chi connectivity index (χ0n) is 28.6. The van der Waals surface area contributed by atoms with Crippen molar-refractivity contribution in [2.24, 2.45) is 0 Å². The summed E-state index contributed by atoms with van der Waals surface area (Å²) in [5, 5.41) is 0. The van der Waals surface area contributed by atoms with Gasteiger partial charge in [-0.2, -0.15) is 0 Å². The maximum Gasteiger partial charge on any atom is 0.343 e. The summed E-state index contributed by atoms with van der Waals surface area (Å²) < 4.78 is 33.1. The quantitative estimate of drug-likeness (QED) is 0.0167. The van der Waals surface area contributed by atoms with Crippen LogP contribution in [0.2, 0.25) is 0 Å². The molecule has 0 heterocycles. The second-order valence-electron chi connectivity index (χ2n) is 11.0. The molecule has 0 aliphatic rings. The molecular formula is C39H48O10. The Bertz CT molecular complexity index is 1430. The van der Waals surface area contributed by atoms with Gasteiger partial charge in [0.1, 0.15) is 29.6 Å². The zero-order chi connectivity index (χ0) is 35.1. The van der Waals surface area contributed by atoms with E-state index in [-0.39, 0.29) is 0 Å². The fraction of sp³-hybridized carbons (Fsp3) is 0.385. The molecule has 264 valence electrons. The van der Waals surface area contributed by atoms with E-state index in [0.717, 1.165) is 44.1 Å². The number of hydrogen-bond donors (Lipinski definition) is 0. The molecular weight excluding hydrogens is 628 g/mol. The van der Waals surface area contributed by atoms with Crippen LogP contribution in [-0.4, -0.2) is 65.3 Å². The summed E-state index contributed by atoms with van der Waals surface area (Å²) in [6.07, 6.45) is 7.11. The molecule has 0 fully saturated rings. The highest BCUT2D eigenvalue weighted by atomic mass is 17.2. The Morgan fingerprint density at radius 1 is 0.653 bits per heavy atom. The van der Waals surface area contributed by atoms with Crippen molar-refractivity contribution in [2.75, 3.05) is 53.4 Å². The van der Waals surface area contributed by atoms with Gasteiger partial charge in [0.05, 0.1) is 30.9 Å². The Balaban J connectivity index is 1.37. The van der Waals surface area contributed by atoms with E-state index in [0.29, 0.717) is 85.9 Å². The van der Waals surface area contributed by atoms with Gasteiger partial charge in [-0.25, -0.2) is 19.4 Å². The predicted octanol–water partition coefficient (Wildman–Crippen LogP) is 7.94. The van der Waals surface area contributed by atoms with E-state index in [1.165, 1.54) is 0 Å². The molecule has 0 aliphatic heterocycles. The molecule has 0 aromatic heterocycles. The van der Waals surface area contributed by atoms with Crippen molar-refractivity contribution >= 4 is 17.7 Å². The van der Waals surface area contributed by atoms with Gasteiger partial charge < -0.3 is 28.4 Å². The monoisotopic (exact) mass is 676 g/mol. The number of aryl methyl sites for hydroxylation is 1. The number of ether oxygens (including phenoxy) is 6.